The highest BCUT2D eigenvalue weighted by molar-refractivity contribution is 7.13. The molecule has 1 aliphatic heterocycles. The lowest BCUT2D eigenvalue weighted by Gasteiger charge is -2.26. The summed E-state index contributed by atoms with van der Waals surface area (Å²) >= 11 is 8.39. The molecule has 0 aliphatic carbocycles. The summed E-state index contributed by atoms with van der Waals surface area (Å²) in [5.74, 6) is 0. The zero-order valence-corrected chi connectivity index (χ0v) is 19.5. The number of hydrogen-bond acceptors (Lipinski definition) is 5. The highest BCUT2D eigenvalue weighted by atomic mass is 35.5. The van der Waals surface area contributed by atoms with Crippen LogP contribution in [0.1, 0.15) is 44.1 Å². The standard InChI is InChI=1S/C23H30ClN3O2S/c1-15(2)26(9-10-28)13-17-14-30-23(25-17)21-16(3)27(18-7-11-29-12-8-18)22-19(21)5-4-6-20(22)24/h4-6,14-15,18,28H,7-13H2,1-3H3. The van der Waals surface area contributed by atoms with Gasteiger partial charge in [0.2, 0.25) is 0 Å². The van der Waals surface area contributed by atoms with Crippen LogP contribution in [0, 0.1) is 6.92 Å². The quantitative estimate of drug-likeness (QED) is 0.535. The van der Waals surface area contributed by atoms with Crippen molar-refractivity contribution in [1.82, 2.24) is 14.5 Å². The van der Waals surface area contributed by atoms with Crippen molar-refractivity contribution in [3.05, 3.63) is 40.0 Å². The van der Waals surface area contributed by atoms with Crippen LogP contribution in [0.15, 0.2) is 23.6 Å². The molecular formula is C23H30ClN3O2S. The van der Waals surface area contributed by atoms with Crippen molar-refractivity contribution < 1.29 is 9.84 Å². The third kappa shape index (κ3) is 4.16. The Morgan fingerprint density at radius 2 is 2.10 bits per heavy atom. The number of hydrogen-bond donors (Lipinski definition) is 1. The first-order valence-electron chi connectivity index (χ1n) is 10.7. The Hall–Kier alpha value is -1.44. The molecule has 0 atom stereocenters. The van der Waals surface area contributed by atoms with E-state index in [-0.39, 0.29) is 6.61 Å². The normalized spacial score (nSPS) is 15.7. The first-order valence-corrected chi connectivity index (χ1v) is 11.9. The minimum absolute atomic E-state index is 0.158. The van der Waals surface area contributed by atoms with E-state index in [9.17, 15) is 5.11 Å². The Morgan fingerprint density at radius 3 is 2.80 bits per heavy atom. The number of nitrogens with zero attached hydrogens (tertiary/aromatic N) is 3. The molecule has 5 nitrogen and oxygen atoms in total. The molecule has 1 aliphatic rings. The summed E-state index contributed by atoms with van der Waals surface area (Å²) in [4.78, 5) is 7.24. The maximum absolute atomic E-state index is 9.37. The van der Waals surface area contributed by atoms with Crippen LogP contribution >= 0.6 is 22.9 Å². The van der Waals surface area contributed by atoms with Gasteiger partial charge in [-0.2, -0.15) is 0 Å². The van der Waals surface area contributed by atoms with Gasteiger partial charge in [-0.3, -0.25) is 4.90 Å². The highest BCUT2D eigenvalue weighted by Gasteiger charge is 2.26. The average Bonchev–Trinajstić information content (AvgIpc) is 3.30. The molecule has 7 heteroatoms. The Balaban J connectivity index is 1.76. The number of aromatic nitrogens is 2. The number of aliphatic hydroxyl groups is 1. The Labute approximate surface area is 187 Å². The second kappa shape index (κ2) is 9.37. The van der Waals surface area contributed by atoms with E-state index < -0.39 is 0 Å². The molecule has 1 aromatic carbocycles. The third-order valence-electron chi connectivity index (χ3n) is 6.02. The fraction of sp³-hybridized carbons (Fsp3) is 0.522. The molecule has 0 unspecified atom stereocenters. The second-order valence-corrected chi connectivity index (χ2v) is 9.51. The highest BCUT2D eigenvalue weighted by Crippen LogP contribution is 2.42. The number of rotatable bonds is 7. The molecule has 2 aromatic heterocycles. The topological polar surface area (TPSA) is 50.5 Å². The van der Waals surface area contributed by atoms with Crippen LogP contribution in [-0.4, -0.2) is 52.0 Å². The number of thiazole rings is 1. The van der Waals surface area contributed by atoms with E-state index in [1.807, 2.05) is 12.1 Å². The van der Waals surface area contributed by atoms with E-state index in [0.29, 0.717) is 18.6 Å². The third-order valence-corrected chi connectivity index (χ3v) is 7.24. The minimum Gasteiger partial charge on any atom is -0.395 e. The maximum atomic E-state index is 9.37. The molecule has 3 heterocycles. The van der Waals surface area contributed by atoms with Gasteiger partial charge in [-0.1, -0.05) is 23.7 Å². The Bertz CT molecular complexity index is 1010. The van der Waals surface area contributed by atoms with Crippen molar-refractivity contribution in [2.45, 2.75) is 52.2 Å². The van der Waals surface area contributed by atoms with Gasteiger partial charge in [-0.05, 0) is 39.7 Å². The molecule has 1 fully saturated rings. The zero-order chi connectivity index (χ0) is 21.3. The Morgan fingerprint density at radius 1 is 1.33 bits per heavy atom. The summed E-state index contributed by atoms with van der Waals surface area (Å²) < 4.78 is 8.01. The number of ether oxygens (including phenoxy) is 1. The molecule has 0 amide bonds. The summed E-state index contributed by atoms with van der Waals surface area (Å²) in [6, 6.07) is 6.92. The van der Waals surface area contributed by atoms with Gasteiger partial charge in [0.25, 0.3) is 0 Å². The number of para-hydroxylation sites is 1. The maximum Gasteiger partial charge on any atom is 0.126 e. The molecule has 4 rings (SSSR count). The molecule has 0 bridgehead atoms. The molecule has 0 radical (unpaired) electrons. The molecule has 1 N–H and O–H groups in total. The average molecular weight is 448 g/mol. The molecule has 30 heavy (non-hydrogen) atoms. The van der Waals surface area contributed by atoms with Gasteiger partial charge < -0.3 is 14.4 Å². The molecular weight excluding hydrogens is 418 g/mol. The van der Waals surface area contributed by atoms with Crippen LogP contribution in [-0.2, 0) is 11.3 Å². The minimum atomic E-state index is 0.158. The van der Waals surface area contributed by atoms with Crippen LogP contribution in [0.3, 0.4) is 0 Å². The Kier molecular flexibility index (Phi) is 6.80. The molecule has 162 valence electrons. The predicted octanol–water partition coefficient (Wildman–Crippen LogP) is 5.28. The van der Waals surface area contributed by atoms with Crippen LogP contribution in [0.5, 0.6) is 0 Å². The zero-order valence-electron chi connectivity index (χ0n) is 17.9. The van der Waals surface area contributed by atoms with Crippen molar-refractivity contribution in [3.8, 4) is 10.6 Å². The van der Waals surface area contributed by atoms with Crippen molar-refractivity contribution in [3.63, 3.8) is 0 Å². The lowest BCUT2D eigenvalue weighted by Crippen LogP contribution is -2.33. The summed E-state index contributed by atoms with van der Waals surface area (Å²) in [5, 5.41) is 14.5. The van der Waals surface area contributed by atoms with E-state index in [0.717, 1.165) is 53.8 Å². The van der Waals surface area contributed by atoms with E-state index in [4.69, 9.17) is 21.3 Å². The largest absolute Gasteiger partial charge is 0.395 e. The summed E-state index contributed by atoms with van der Waals surface area (Å²) in [7, 11) is 0. The van der Waals surface area contributed by atoms with Gasteiger partial charge in [-0.25, -0.2) is 4.98 Å². The van der Waals surface area contributed by atoms with Gasteiger partial charge in [0.15, 0.2) is 0 Å². The van der Waals surface area contributed by atoms with Gasteiger partial charge in [0.05, 0.1) is 22.8 Å². The van der Waals surface area contributed by atoms with E-state index in [1.165, 1.54) is 16.6 Å². The molecule has 0 spiro atoms. The molecule has 0 saturated carbocycles. The number of aliphatic hydroxyl groups excluding tert-OH is 1. The lowest BCUT2D eigenvalue weighted by molar-refractivity contribution is 0.0703. The van der Waals surface area contributed by atoms with Crippen molar-refractivity contribution in [2.24, 2.45) is 0 Å². The van der Waals surface area contributed by atoms with Crippen molar-refractivity contribution in [2.75, 3.05) is 26.4 Å². The van der Waals surface area contributed by atoms with Crippen LogP contribution < -0.4 is 0 Å². The van der Waals surface area contributed by atoms with E-state index in [1.54, 1.807) is 11.3 Å². The van der Waals surface area contributed by atoms with Gasteiger partial charge in [-0.15, -0.1) is 11.3 Å². The first kappa shape index (κ1) is 21.8. The summed E-state index contributed by atoms with van der Waals surface area (Å²) in [6.45, 7) is 9.63. The van der Waals surface area contributed by atoms with Gasteiger partial charge >= 0.3 is 0 Å². The fourth-order valence-electron chi connectivity index (χ4n) is 4.47. The van der Waals surface area contributed by atoms with Crippen LogP contribution in [0.2, 0.25) is 5.02 Å². The van der Waals surface area contributed by atoms with Gasteiger partial charge in [0.1, 0.15) is 5.01 Å². The second-order valence-electron chi connectivity index (χ2n) is 8.24. The van der Waals surface area contributed by atoms with E-state index in [2.05, 4.69) is 41.7 Å². The van der Waals surface area contributed by atoms with Crippen molar-refractivity contribution >= 4 is 33.8 Å². The van der Waals surface area contributed by atoms with Crippen LogP contribution in [0.25, 0.3) is 21.5 Å². The molecule has 1 saturated heterocycles. The van der Waals surface area contributed by atoms with Gasteiger partial charge in [0, 0.05) is 60.4 Å². The smallest absolute Gasteiger partial charge is 0.126 e. The lowest BCUT2D eigenvalue weighted by atomic mass is 10.1. The fourth-order valence-corrected chi connectivity index (χ4v) is 5.65. The number of benzene rings is 1. The monoisotopic (exact) mass is 447 g/mol. The predicted molar refractivity (Wildman–Crippen MR) is 125 cm³/mol. The van der Waals surface area contributed by atoms with E-state index >= 15 is 0 Å². The number of fused-ring (bicyclic) bond motifs is 1. The SMILES string of the molecule is Cc1c(-c2nc(CN(CCO)C(C)C)cs2)c2cccc(Cl)c2n1C1CCOCC1. The van der Waals surface area contributed by atoms with Crippen molar-refractivity contribution in [1.29, 1.82) is 0 Å². The molecule has 3 aromatic rings. The van der Waals surface area contributed by atoms with Crippen LogP contribution in [0.4, 0.5) is 0 Å². The summed E-state index contributed by atoms with van der Waals surface area (Å²) in [5.41, 5.74) is 4.57. The summed E-state index contributed by atoms with van der Waals surface area (Å²) in [6.07, 6.45) is 2.01. The first-order chi connectivity index (χ1) is 14.5. The number of halogens is 1.